The number of fused-ring (bicyclic) bond motifs is 1. The van der Waals surface area contributed by atoms with Gasteiger partial charge in [-0.3, -0.25) is 9.36 Å². The molecule has 156 valence electrons. The van der Waals surface area contributed by atoms with Crippen molar-refractivity contribution in [3.63, 3.8) is 0 Å². The predicted molar refractivity (Wildman–Crippen MR) is 103 cm³/mol. The maximum Gasteiger partial charge on any atom is 0.416 e. The van der Waals surface area contributed by atoms with Gasteiger partial charge in [-0.05, 0) is 37.5 Å². The molecule has 3 rings (SSSR count). The predicted octanol–water partition coefficient (Wildman–Crippen LogP) is 3.13. The quantitative estimate of drug-likeness (QED) is 0.525. The molecule has 0 unspecified atom stereocenters. The van der Waals surface area contributed by atoms with Gasteiger partial charge in [0.1, 0.15) is 5.03 Å². The molecule has 1 aliphatic carbocycles. The molecule has 1 aliphatic rings. The summed E-state index contributed by atoms with van der Waals surface area (Å²) in [5.41, 5.74) is 0.125. The highest BCUT2D eigenvalue weighted by Crippen LogP contribution is 2.34. The largest absolute Gasteiger partial charge is 0.416 e. The molecular weight excluding hydrogens is 431 g/mol. The zero-order chi connectivity index (χ0) is 21.2. The smallest absolute Gasteiger partial charge is 0.395 e. The number of nitrogens with zero attached hydrogens (tertiary/aromatic N) is 2. The Kier molecular flexibility index (Phi) is 6.55. The molecular formula is C18H17ClF3N3O3S. The first-order valence-corrected chi connectivity index (χ1v) is 10.1. The Bertz CT molecular complexity index is 995. The van der Waals surface area contributed by atoms with Gasteiger partial charge in [-0.15, -0.1) is 0 Å². The first-order chi connectivity index (χ1) is 13.7. The number of hydrogen-bond acceptors (Lipinski definition) is 5. The zero-order valence-corrected chi connectivity index (χ0v) is 16.6. The summed E-state index contributed by atoms with van der Waals surface area (Å²) in [4.78, 5) is 28.5. The van der Waals surface area contributed by atoms with E-state index in [9.17, 15) is 22.8 Å². The number of carbonyl (C=O) groups is 1. The molecule has 0 saturated carbocycles. The van der Waals surface area contributed by atoms with E-state index in [1.807, 2.05) is 0 Å². The molecule has 29 heavy (non-hydrogen) atoms. The van der Waals surface area contributed by atoms with Crippen LogP contribution in [-0.4, -0.2) is 32.9 Å². The lowest BCUT2D eigenvalue weighted by Crippen LogP contribution is -2.28. The van der Waals surface area contributed by atoms with E-state index in [2.05, 4.69) is 10.3 Å². The maximum absolute atomic E-state index is 12.8. The van der Waals surface area contributed by atoms with E-state index in [0.717, 1.165) is 47.6 Å². The molecule has 0 bridgehead atoms. The highest BCUT2D eigenvalue weighted by Gasteiger charge is 2.31. The summed E-state index contributed by atoms with van der Waals surface area (Å²) < 4.78 is 40.0. The number of rotatable bonds is 6. The molecule has 0 fully saturated rings. The van der Waals surface area contributed by atoms with Crippen LogP contribution in [0.3, 0.4) is 0 Å². The van der Waals surface area contributed by atoms with Crippen LogP contribution >= 0.6 is 23.4 Å². The molecule has 1 heterocycles. The number of aromatic nitrogens is 2. The molecule has 0 aliphatic heterocycles. The van der Waals surface area contributed by atoms with Gasteiger partial charge >= 0.3 is 11.9 Å². The molecule has 1 aromatic heterocycles. The number of aliphatic hydroxyl groups excluding tert-OH is 1. The van der Waals surface area contributed by atoms with Gasteiger partial charge < -0.3 is 10.4 Å². The van der Waals surface area contributed by atoms with Crippen molar-refractivity contribution in [1.29, 1.82) is 0 Å². The van der Waals surface area contributed by atoms with Crippen molar-refractivity contribution < 1.29 is 23.1 Å². The lowest BCUT2D eigenvalue weighted by molar-refractivity contribution is -0.137. The molecule has 0 saturated heterocycles. The van der Waals surface area contributed by atoms with Crippen LogP contribution in [0.4, 0.5) is 18.9 Å². The number of amides is 1. The van der Waals surface area contributed by atoms with Crippen LogP contribution in [0.15, 0.2) is 28.0 Å². The summed E-state index contributed by atoms with van der Waals surface area (Å²) >= 11 is 6.93. The number of alkyl halides is 3. The molecule has 0 atom stereocenters. The van der Waals surface area contributed by atoms with Gasteiger partial charge in [-0.2, -0.15) is 18.2 Å². The number of halogens is 4. The maximum atomic E-state index is 12.8. The summed E-state index contributed by atoms with van der Waals surface area (Å²) in [6.45, 7) is -0.0195. The fraction of sp³-hybridized carbons (Fsp3) is 0.389. The number of hydrogen-bond donors (Lipinski definition) is 2. The van der Waals surface area contributed by atoms with Crippen LogP contribution in [0, 0.1) is 0 Å². The summed E-state index contributed by atoms with van der Waals surface area (Å²) in [5, 5.41) is 11.9. The Hall–Kier alpha value is -2.04. The van der Waals surface area contributed by atoms with E-state index in [-0.39, 0.29) is 29.6 Å². The first-order valence-electron chi connectivity index (χ1n) is 8.73. The van der Waals surface area contributed by atoms with Gasteiger partial charge in [0.05, 0.1) is 35.2 Å². The average Bonchev–Trinajstić information content (AvgIpc) is 3.13. The number of benzene rings is 1. The van der Waals surface area contributed by atoms with E-state index in [1.165, 1.54) is 4.57 Å². The van der Waals surface area contributed by atoms with Crippen molar-refractivity contribution in [3.05, 3.63) is 50.5 Å². The van der Waals surface area contributed by atoms with Gasteiger partial charge in [0.2, 0.25) is 5.91 Å². The van der Waals surface area contributed by atoms with Gasteiger partial charge in [-0.25, -0.2) is 4.79 Å². The molecule has 0 radical (unpaired) electrons. The second kappa shape index (κ2) is 8.76. The van der Waals surface area contributed by atoms with E-state index in [4.69, 9.17) is 16.7 Å². The lowest BCUT2D eigenvalue weighted by atomic mass is 10.2. The molecule has 11 heteroatoms. The third-order valence-electron chi connectivity index (χ3n) is 4.43. The topological polar surface area (TPSA) is 84.2 Å². The second-order valence-corrected chi connectivity index (χ2v) is 7.75. The number of carbonyl (C=O) groups excluding carboxylic acids is 1. The van der Waals surface area contributed by atoms with Crippen LogP contribution in [0.5, 0.6) is 0 Å². The van der Waals surface area contributed by atoms with Gasteiger partial charge in [0.25, 0.3) is 0 Å². The SMILES string of the molecule is O=C(CSc1nc(=O)n(CCO)c2c1CCC2)Nc1cc(C(F)(F)F)ccc1Cl. The number of nitrogens with one attached hydrogen (secondary N) is 1. The first kappa shape index (κ1) is 21.7. The van der Waals surface area contributed by atoms with Crippen molar-refractivity contribution in [2.45, 2.75) is 37.0 Å². The molecule has 1 aromatic carbocycles. The fourth-order valence-electron chi connectivity index (χ4n) is 3.15. The molecule has 2 N–H and O–H groups in total. The number of anilines is 1. The van der Waals surface area contributed by atoms with Crippen molar-refractivity contribution >= 4 is 35.0 Å². The van der Waals surface area contributed by atoms with E-state index in [1.54, 1.807) is 0 Å². The van der Waals surface area contributed by atoms with Crippen LogP contribution in [0.2, 0.25) is 5.02 Å². The number of thioether (sulfide) groups is 1. The van der Waals surface area contributed by atoms with Crippen LogP contribution in [0.25, 0.3) is 0 Å². The zero-order valence-electron chi connectivity index (χ0n) is 15.1. The monoisotopic (exact) mass is 447 g/mol. The number of aliphatic hydroxyl groups is 1. The molecule has 6 nitrogen and oxygen atoms in total. The van der Waals surface area contributed by atoms with Gasteiger partial charge in [0.15, 0.2) is 0 Å². The Morgan fingerprint density at radius 2 is 2.10 bits per heavy atom. The summed E-state index contributed by atoms with van der Waals surface area (Å²) in [6.07, 6.45) is -2.32. The van der Waals surface area contributed by atoms with Crippen LogP contribution in [0.1, 0.15) is 23.2 Å². The standard InChI is InChI=1S/C18H17ClF3N3O3S/c19-12-5-4-10(18(20,21)22)8-13(12)23-15(27)9-29-16-11-2-1-3-14(11)25(6-7-26)17(28)24-16/h4-5,8,26H,1-3,6-7,9H2,(H,23,27). The van der Waals surface area contributed by atoms with Crippen molar-refractivity contribution in [2.24, 2.45) is 0 Å². The minimum absolute atomic E-state index is 0.0121. The average molecular weight is 448 g/mol. The molecule has 1 amide bonds. The van der Waals surface area contributed by atoms with Crippen LogP contribution < -0.4 is 11.0 Å². The Balaban J connectivity index is 1.73. The third-order valence-corrected chi connectivity index (χ3v) is 5.78. The minimum Gasteiger partial charge on any atom is -0.395 e. The summed E-state index contributed by atoms with van der Waals surface area (Å²) in [5.74, 6) is -0.709. The second-order valence-electron chi connectivity index (χ2n) is 6.38. The minimum atomic E-state index is -4.55. The van der Waals surface area contributed by atoms with Crippen molar-refractivity contribution in [1.82, 2.24) is 9.55 Å². The van der Waals surface area contributed by atoms with Crippen LogP contribution in [-0.2, 0) is 30.4 Å². The Morgan fingerprint density at radius 1 is 1.34 bits per heavy atom. The van der Waals surface area contributed by atoms with Gasteiger partial charge in [-0.1, -0.05) is 23.4 Å². The molecule has 0 spiro atoms. The van der Waals surface area contributed by atoms with Crippen molar-refractivity contribution in [3.8, 4) is 0 Å². The molecule has 2 aromatic rings. The van der Waals surface area contributed by atoms with Gasteiger partial charge in [0, 0.05) is 11.3 Å². The van der Waals surface area contributed by atoms with E-state index >= 15 is 0 Å². The summed E-state index contributed by atoms with van der Waals surface area (Å²) in [6, 6.07) is 2.68. The van der Waals surface area contributed by atoms with E-state index in [0.29, 0.717) is 17.9 Å². The third kappa shape index (κ3) is 4.93. The summed E-state index contributed by atoms with van der Waals surface area (Å²) in [7, 11) is 0. The highest BCUT2D eigenvalue weighted by atomic mass is 35.5. The Labute approximate surface area is 173 Å². The Morgan fingerprint density at radius 3 is 2.79 bits per heavy atom. The normalized spacial score (nSPS) is 13.4. The fourth-order valence-corrected chi connectivity index (χ4v) is 4.20. The highest BCUT2D eigenvalue weighted by molar-refractivity contribution is 8.00. The van der Waals surface area contributed by atoms with E-state index < -0.39 is 23.3 Å². The van der Waals surface area contributed by atoms with Crippen molar-refractivity contribution in [2.75, 3.05) is 17.7 Å². The lowest BCUT2D eigenvalue weighted by Gasteiger charge is -2.14.